The molecule has 7 heteroatoms. The third-order valence-corrected chi connectivity index (χ3v) is 4.41. The molecule has 1 aromatic rings. The average Bonchev–Trinajstić information content (AvgIpc) is 2.45. The highest BCUT2D eigenvalue weighted by Gasteiger charge is 2.45. The van der Waals surface area contributed by atoms with E-state index < -0.39 is 16.6 Å². The first-order valence-corrected chi connectivity index (χ1v) is 7.28. The number of anilines is 1. The predicted molar refractivity (Wildman–Crippen MR) is 85.3 cm³/mol. The zero-order valence-electron chi connectivity index (χ0n) is 13.1. The number of allylic oxidation sites excluding steroid dienone is 1. The first kappa shape index (κ1) is 17.0. The monoisotopic (exact) mass is 320 g/mol. The van der Waals surface area contributed by atoms with E-state index >= 15 is 0 Å². The summed E-state index contributed by atoms with van der Waals surface area (Å²) in [5.41, 5.74) is -0.732. The number of nitro groups is 1. The number of aliphatic hydroxyl groups is 1. The molecule has 23 heavy (non-hydrogen) atoms. The molecule has 0 bridgehead atoms. The van der Waals surface area contributed by atoms with E-state index in [0.29, 0.717) is 6.42 Å². The summed E-state index contributed by atoms with van der Waals surface area (Å²) in [6.45, 7) is 7.13. The highest BCUT2D eigenvalue weighted by Crippen LogP contribution is 2.37. The Morgan fingerprint density at radius 1 is 1.52 bits per heavy atom. The van der Waals surface area contributed by atoms with Gasteiger partial charge in [0.25, 0.3) is 5.69 Å². The Labute approximate surface area is 133 Å². The van der Waals surface area contributed by atoms with Gasteiger partial charge in [-0.15, -0.1) is 0 Å². The van der Waals surface area contributed by atoms with E-state index in [-0.39, 0.29) is 35.2 Å². The van der Waals surface area contributed by atoms with Gasteiger partial charge in [0.2, 0.25) is 0 Å². The molecule has 3 N–H and O–H groups in total. The van der Waals surface area contributed by atoms with Crippen LogP contribution in [-0.2, 0) is 4.79 Å². The van der Waals surface area contributed by atoms with Gasteiger partial charge in [-0.05, 0) is 32.3 Å². The number of benzene rings is 1. The second-order valence-electron chi connectivity index (χ2n) is 6.21. The lowest BCUT2D eigenvalue weighted by atomic mass is 9.73. The van der Waals surface area contributed by atoms with Crippen LogP contribution >= 0.6 is 0 Å². The smallest absolute Gasteiger partial charge is 0.273 e. The quantitative estimate of drug-likeness (QED) is 0.340. The Bertz CT molecular complexity index is 668. The Morgan fingerprint density at radius 3 is 2.70 bits per heavy atom. The third-order valence-electron chi connectivity index (χ3n) is 4.41. The van der Waals surface area contributed by atoms with Crippen LogP contribution in [0.15, 0.2) is 30.4 Å². The Balaban J connectivity index is 2.27. The second-order valence-corrected chi connectivity index (χ2v) is 6.21. The minimum absolute atomic E-state index is 0.0552. The van der Waals surface area contributed by atoms with Crippen molar-refractivity contribution < 1.29 is 19.9 Å². The van der Waals surface area contributed by atoms with Crippen LogP contribution in [0.1, 0.15) is 26.7 Å². The summed E-state index contributed by atoms with van der Waals surface area (Å²) >= 11 is 0. The van der Waals surface area contributed by atoms with E-state index in [1.165, 1.54) is 19.1 Å². The first-order chi connectivity index (χ1) is 10.6. The van der Waals surface area contributed by atoms with Gasteiger partial charge in [0.15, 0.2) is 5.78 Å². The molecule has 1 aromatic carbocycles. The zero-order chi connectivity index (χ0) is 17.4. The molecule has 2 rings (SSSR count). The maximum Gasteiger partial charge on any atom is 0.273 e. The van der Waals surface area contributed by atoms with Crippen LogP contribution in [0.25, 0.3) is 0 Å². The number of hydrogen-bond donors (Lipinski definition) is 3. The molecule has 3 unspecified atom stereocenters. The Morgan fingerprint density at radius 2 is 2.17 bits per heavy atom. The number of hydrogen-bond acceptors (Lipinski definition) is 6. The van der Waals surface area contributed by atoms with Gasteiger partial charge in [0, 0.05) is 12.5 Å². The molecule has 0 aromatic heterocycles. The minimum Gasteiger partial charge on any atom is -0.506 e. The Hall–Kier alpha value is -2.41. The van der Waals surface area contributed by atoms with E-state index in [2.05, 4.69) is 11.9 Å². The summed E-state index contributed by atoms with van der Waals surface area (Å²) in [6.07, 6.45) is 0.706. The lowest BCUT2D eigenvalue weighted by molar-refractivity contribution is -0.384. The molecule has 1 fully saturated rings. The van der Waals surface area contributed by atoms with Crippen molar-refractivity contribution in [1.29, 1.82) is 0 Å². The van der Waals surface area contributed by atoms with Crippen LogP contribution in [-0.4, -0.2) is 32.6 Å². The zero-order valence-corrected chi connectivity index (χ0v) is 13.1. The summed E-state index contributed by atoms with van der Waals surface area (Å²) in [7, 11) is 0. The summed E-state index contributed by atoms with van der Waals surface area (Å²) < 4.78 is 0. The number of ketones is 1. The van der Waals surface area contributed by atoms with Crippen molar-refractivity contribution >= 4 is 17.2 Å². The third kappa shape index (κ3) is 3.34. The SMILES string of the molecule is C=C(C)C1CC(=O)C(C)(O)C(Nc2ccc([N+](=O)[O-])cc2O)C1. The van der Waals surface area contributed by atoms with Crippen molar-refractivity contribution in [1.82, 2.24) is 0 Å². The highest BCUT2D eigenvalue weighted by molar-refractivity contribution is 5.89. The minimum atomic E-state index is -1.58. The van der Waals surface area contributed by atoms with Crippen molar-refractivity contribution in [3.8, 4) is 5.75 Å². The number of aromatic hydroxyl groups is 1. The van der Waals surface area contributed by atoms with Crippen molar-refractivity contribution in [2.45, 2.75) is 38.3 Å². The maximum atomic E-state index is 12.2. The van der Waals surface area contributed by atoms with Crippen molar-refractivity contribution in [3.63, 3.8) is 0 Å². The lowest BCUT2D eigenvalue weighted by Crippen LogP contribution is -2.55. The van der Waals surface area contributed by atoms with Gasteiger partial charge in [-0.2, -0.15) is 0 Å². The lowest BCUT2D eigenvalue weighted by Gasteiger charge is -2.40. The molecule has 124 valence electrons. The fraction of sp³-hybridized carbons (Fsp3) is 0.438. The fourth-order valence-electron chi connectivity index (χ4n) is 2.74. The number of rotatable bonds is 4. The van der Waals surface area contributed by atoms with E-state index in [4.69, 9.17) is 0 Å². The van der Waals surface area contributed by atoms with Crippen LogP contribution in [0.3, 0.4) is 0 Å². The number of phenols is 1. The Kier molecular flexibility index (Phi) is 4.42. The molecular formula is C16H20N2O5. The van der Waals surface area contributed by atoms with Crippen LogP contribution in [0.4, 0.5) is 11.4 Å². The molecule has 0 spiro atoms. The van der Waals surface area contributed by atoms with Crippen molar-refractivity contribution in [2.75, 3.05) is 5.32 Å². The molecule has 7 nitrogen and oxygen atoms in total. The van der Waals surface area contributed by atoms with Gasteiger partial charge in [-0.1, -0.05) is 12.2 Å². The van der Waals surface area contributed by atoms with E-state index in [1.54, 1.807) is 0 Å². The van der Waals surface area contributed by atoms with E-state index in [9.17, 15) is 25.1 Å². The number of nitrogens with one attached hydrogen (secondary N) is 1. The molecular weight excluding hydrogens is 300 g/mol. The topological polar surface area (TPSA) is 113 Å². The van der Waals surface area contributed by atoms with Crippen LogP contribution in [0, 0.1) is 16.0 Å². The number of nitrogens with zero attached hydrogens (tertiary/aromatic N) is 1. The van der Waals surface area contributed by atoms with Crippen LogP contribution in [0.2, 0.25) is 0 Å². The number of carbonyl (C=O) groups is 1. The second kappa shape index (κ2) is 6.00. The first-order valence-electron chi connectivity index (χ1n) is 7.28. The van der Waals surface area contributed by atoms with Crippen molar-refractivity contribution in [3.05, 3.63) is 40.5 Å². The highest BCUT2D eigenvalue weighted by atomic mass is 16.6. The molecule has 0 radical (unpaired) electrons. The van der Waals surface area contributed by atoms with Gasteiger partial charge in [0.1, 0.15) is 11.4 Å². The number of carbonyl (C=O) groups excluding carboxylic acids is 1. The molecule has 1 saturated carbocycles. The molecule has 0 aliphatic heterocycles. The van der Waals surface area contributed by atoms with E-state index in [0.717, 1.165) is 11.6 Å². The number of phenolic OH excluding ortho intramolecular Hbond substituents is 1. The van der Waals surface area contributed by atoms with E-state index in [1.807, 2.05) is 6.92 Å². The largest absolute Gasteiger partial charge is 0.506 e. The molecule has 3 atom stereocenters. The van der Waals surface area contributed by atoms with Gasteiger partial charge < -0.3 is 15.5 Å². The van der Waals surface area contributed by atoms with Crippen LogP contribution in [0.5, 0.6) is 5.75 Å². The fourth-order valence-corrected chi connectivity index (χ4v) is 2.74. The van der Waals surface area contributed by atoms with Crippen LogP contribution < -0.4 is 5.32 Å². The van der Waals surface area contributed by atoms with Gasteiger partial charge in [0.05, 0.1) is 22.7 Å². The standard InChI is InChI=1S/C16H20N2O5/c1-9(2)10-6-14(16(3,21)15(20)7-10)17-12-5-4-11(18(22)23)8-13(12)19/h4-5,8,10,14,17,19,21H,1,6-7H2,2-3H3. The summed E-state index contributed by atoms with van der Waals surface area (Å²) in [6, 6.07) is 3.01. The number of Topliss-reactive ketones (excluding diaryl/α,β-unsaturated/α-hetero) is 1. The number of non-ortho nitro benzene ring substituents is 1. The van der Waals surface area contributed by atoms with Gasteiger partial charge in [-0.3, -0.25) is 14.9 Å². The molecule has 0 amide bonds. The summed E-state index contributed by atoms with van der Waals surface area (Å²) in [5, 5.41) is 34.0. The average molecular weight is 320 g/mol. The predicted octanol–water partition coefficient (Wildman–Crippen LogP) is 2.39. The normalized spacial score (nSPS) is 27.5. The molecule has 0 heterocycles. The van der Waals surface area contributed by atoms with Gasteiger partial charge in [-0.25, -0.2) is 0 Å². The number of nitro benzene ring substituents is 1. The molecule has 1 aliphatic rings. The molecule has 1 aliphatic carbocycles. The maximum absolute atomic E-state index is 12.2. The van der Waals surface area contributed by atoms with Gasteiger partial charge >= 0.3 is 0 Å². The van der Waals surface area contributed by atoms with Crippen molar-refractivity contribution in [2.24, 2.45) is 5.92 Å². The summed E-state index contributed by atoms with van der Waals surface area (Å²) in [5.74, 6) is -0.657. The molecule has 0 saturated heterocycles. The summed E-state index contributed by atoms with van der Waals surface area (Å²) in [4.78, 5) is 22.3.